The molecular formula is C10H16N4O3. The Morgan fingerprint density at radius 2 is 2.18 bits per heavy atom. The maximum absolute atomic E-state index is 11.1. The topological polar surface area (TPSA) is 100 Å². The first-order valence-corrected chi connectivity index (χ1v) is 5.72. The highest BCUT2D eigenvalue weighted by atomic mass is 16.4. The standard InChI is InChI=1S/C10H16N4O3/c15-6-5-14-9(7-1-3-11-4-2-7)8(10(16)17)12-13-14/h7,11,15H,1-6H2,(H,16,17). The van der Waals surface area contributed by atoms with E-state index in [1.165, 1.54) is 4.68 Å². The fraction of sp³-hybridized carbons (Fsp3) is 0.700. The van der Waals surface area contributed by atoms with Crippen LogP contribution in [0.5, 0.6) is 0 Å². The summed E-state index contributed by atoms with van der Waals surface area (Å²) in [6, 6.07) is 0. The zero-order valence-corrected chi connectivity index (χ0v) is 9.46. The number of aliphatic hydroxyl groups excluding tert-OH is 1. The van der Waals surface area contributed by atoms with Gasteiger partial charge in [-0.25, -0.2) is 9.48 Å². The molecule has 0 aliphatic carbocycles. The first kappa shape index (κ1) is 12.0. The molecule has 0 saturated carbocycles. The molecule has 0 atom stereocenters. The lowest BCUT2D eigenvalue weighted by Gasteiger charge is -2.23. The molecule has 0 unspecified atom stereocenters. The van der Waals surface area contributed by atoms with Gasteiger partial charge in [0.25, 0.3) is 0 Å². The van der Waals surface area contributed by atoms with Crippen molar-refractivity contribution in [2.24, 2.45) is 0 Å². The fourth-order valence-corrected chi connectivity index (χ4v) is 2.23. The van der Waals surface area contributed by atoms with Crippen LogP contribution in [0.1, 0.15) is 34.9 Å². The summed E-state index contributed by atoms with van der Waals surface area (Å²) in [5, 5.41) is 28.8. The van der Waals surface area contributed by atoms with Gasteiger partial charge in [0.1, 0.15) is 0 Å². The van der Waals surface area contributed by atoms with E-state index in [4.69, 9.17) is 10.2 Å². The molecule has 0 radical (unpaired) electrons. The van der Waals surface area contributed by atoms with Gasteiger partial charge in [-0.3, -0.25) is 0 Å². The van der Waals surface area contributed by atoms with E-state index >= 15 is 0 Å². The van der Waals surface area contributed by atoms with Crippen LogP contribution < -0.4 is 5.32 Å². The Balaban J connectivity index is 2.32. The molecule has 17 heavy (non-hydrogen) atoms. The molecule has 7 heteroatoms. The van der Waals surface area contributed by atoms with E-state index in [-0.39, 0.29) is 18.2 Å². The second-order valence-corrected chi connectivity index (χ2v) is 4.10. The first-order chi connectivity index (χ1) is 8.24. The van der Waals surface area contributed by atoms with Crippen LogP contribution in [0.4, 0.5) is 0 Å². The number of hydrogen-bond donors (Lipinski definition) is 3. The van der Waals surface area contributed by atoms with Crippen LogP contribution in [0.25, 0.3) is 0 Å². The van der Waals surface area contributed by atoms with Crippen molar-refractivity contribution >= 4 is 5.97 Å². The van der Waals surface area contributed by atoms with Gasteiger partial charge in [0.15, 0.2) is 5.69 Å². The largest absolute Gasteiger partial charge is 0.476 e. The van der Waals surface area contributed by atoms with Crippen LogP contribution in [0.3, 0.4) is 0 Å². The van der Waals surface area contributed by atoms with Crippen LogP contribution in [-0.2, 0) is 6.54 Å². The van der Waals surface area contributed by atoms with Crippen molar-refractivity contribution < 1.29 is 15.0 Å². The molecule has 3 N–H and O–H groups in total. The Hall–Kier alpha value is -1.47. The zero-order valence-electron chi connectivity index (χ0n) is 9.46. The second kappa shape index (κ2) is 5.24. The average molecular weight is 240 g/mol. The summed E-state index contributed by atoms with van der Waals surface area (Å²) >= 11 is 0. The Morgan fingerprint density at radius 1 is 1.47 bits per heavy atom. The van der Waals surface area contributed by atoms with Gasteiger partial charge in [0.2, 0.25) is 0 Å². The zero-order chi connectivity index (χ0) is 12.3. The van der Waals surface area contributed by atoms with Gasteiger partial charge in [-0.05, 0) is 25.9 Å². The molecule has 0 amide bonds. The molecule has 1 aromatic rings. The summed E-state index contributed by atoms with van der Waals surface area (Å²) in [5.74, 6) is -0.897. The van der Waals surface area contributed by atoms with Crippen LogP contribution in [-0.4, -0.2) is 50.9 Å². The smallest absolute Gasteiger partial charge is 0.358 e. The highest BCUT2D eigenvalue weighted by Crippen LogP contribution is 2.27. The molecule has 1 aliphatic rings. The van der Waals surface area contributed by atoms with Crippen molar-refractivity contribution in [2.45, 2.75) is 25.3 Å². The third-order valence-electron chi connectivity index (χ3n) is 3.01. The van der Waals surface area contributed by atoms with Gasteiger partial charge in [-0.1, -0.05) is 5.21 Å². The lowest BCUT2D eigenvalue weighted by molar-refractivity contribution is 0.0688. The summed E-state index contributed by atoms with van der Waals surface area (Å²) in [5.41, 5.74) is 0.665. The van der Waals surface area contributed by atoms with Crippen molar-refractivity contribution in [1.82, 2.24) is 20.3 Å². The van der Waals surface area contributed by atoms with E-state index in [0.29, 0.717) is 12.2 Å². The van der Waals surface area contributed by atoms with E-state index < -0.39 is 5.97 Å². The number of carbonyl (C=O) groups is 1. The summed E-state index contributed by atoms with van der Waals surface area (Å²) in [7, 11) is 0. The van der Waals surface area contributed by atoms with Gasteiger partial charge >= 0.3 is 5.97 Å². The third kappa shape index (κ3) is 2.45. The number of nitrogens with zero attached hydrogens (tertiary/aromatic N) is 3. The number of piperidine rings is 1. The number of carboxylic acids is 1. The maximum atomic E-state index is 11.1. The van der Waals surface area contributed by atoms with Crippen LogP contribution in [0.2, 0.25) is 0 Å². The molecule has 1 saturated heterocycles. The molecule has 2 heterocycles. The Morgan fingerprint density at radius 3 is 2.76 bits per heavy atom. The lowest BCUT2D eigenvalue weighted by atomic mass is 9.93. The predicted octanol–water partition coefficient (Wildman–Crippen LogP) is -0.564. The molecule has 0 bridgehead atoms. The first-order valence-electron chi connectivity index (χ1n) is 5.72. The number of rotatable bonds is 4. The normalized spacial score (nSPS) is 17.2. The van der Waals surface area contributed by atoms with Crippen molar-refractivity contribution in [3.05, 3.63) is 11.4 Å². The number of carboxylic acid groups (broad SMARTS) is 1. The number of aliphatic hydroxyl groups is 1. The van der Waals surface area contributed by atoms with Gasteiger partial charge in [0, 0.05) is 5.92 Å². The van der Waals surface area contributed by atoms with E-state index in [2.05, 4.69) is 15.6 Å². The van der Waals surface area contributed by atoms with E-state index in [1.807, 2.05) is 0 Å². The van der Waals surface area contributed by atoms with E-state index in [1.54, 1.807) is 0 Å². The summed E-state index contributed by atoms with van der Waals surface area (Å²) in [6.45, 7) is 1.96. The van der Waals surface area contributed by atoms with Gasteiger partial charge in [0.05, 0.1) is 18.8 Å². The Kier molecular flexibility index (Phi) is 3.70. The molecule has 0 spiro atoms. The minimum absolute atomic E-state index is 0.0188. The Bertz CT molecular complexity index is 398. The van der Waals surface area contributed by atoms with Crippen molar-refractivity contribution in [2.75, 3.05) is 19.7 Å². The predicted molar refractivity (Wildman–Crippen MR) is 58.9 cm³/mol. The Labute approximate surface area is 98.4 Å². The monoisotopic (exact) mass is 240 g/mol. The molecule has 1 aromatic heterocycles. The van der Waals surface area contributed by atoms with Crippen molar-refractivity contribution in [3.63, 3.8) is 0 Å². The SMILES string of the molecule is O=C(O)c1nnn(CCO)c1C1CCNCC1. The third-order valence-corrected chi connectivity index (χ3v) is 3.01. The van der Waals surface area contributed by atoms with Crippen LogP contribution in [0.15, 0.2) is 0 Å². The molecule has 1 aliphatic heterocycles. The van der Waals surface area contributed by atoms with Crippen LogP contribution >= 0.6 is 0 Å². The summed E-state index contributed by atoms with van der Waals surface area (Å²) in [4.78, 5) is 11.1. The minimum atomic E-state index is -1.05. The highest BCUT2D eigenvalue weighted by Gasteiger charge is 2.27. The maximum Gasteiger partial charge on any atom is 0.358 e. The van der Waals surface area contributed by atoms with E-state index in [9.17, 15) is 4.79 Å². The van der Waals surface area contributed by atoms with Gasteiger partial charge < -0.3 is 15.5 Å². The highest BCUT2D eigenvalue weighted by molar-refractivity contribution is 5.86. The molecule has 94 valence electrons. The quantitative estimate of drug-likeness (QED) is 0.652. The minimum Gasteiger partial charge on any atom is -0.476 e. The fourth-order valence-electron chi connectivity index (χ4n) is 2.23. The summed E-state index contributed by atoms with van der Waals surface area (Å²) in [6.07, 6.45) is 1.75. The average Bonchev–Trinajstić information content (AvgIpc) is 2.74. The van der Waals surface area contributed by atoms with Gasteiger partial charge in [-0.2, -0.15) is 0 Å². The van der Waals surface area contributed by atoms with Crippen molar-refractivity contribution in [1.29, 1.82) is 0 Å². The number of nitrogens with one attached hydrogen (secondary N) is 1. The summed E-state index contributed by atoms with van der Waals surface area (Å²) < 4.78 is 1.51. The molecule has 1 fully saturated rings. The van der Waals surface area contributed by atoms with E-state index in [0.717, 1.165) is 25.9 Å². The molecular weight excluding hydrogens is 224 g/mol. The number of hydrogen-bond acceptors (Lipinski definition) is 5. The van der Waals surface area contributed by atoms with Crippen LogP contribution in [0, 0.1) is 0 Å². The second-order valence-electron chi connectivity index (χ2n) is 4.10. The number of aromatic carboxylic acids is 1. The lowest BCUT2D eigenvalue weighted by Crippen LogP contribution is -2.29. The molecule has 7 nitrogen and oxygen atoms in total. The van der Waals surface area contributed by atoms with Crippen molar-refractivity contribution in [3.8, 4) is 0 Å². The number of aromatic nitrogens is 3. The molecule has 2 rings (SSSR count). The van der Waals surface area contributed by atoms with Gasteiger partial charge in [-0.15, -0.1) is 5.10 Å². The molecule has 0 aromatic carbocycles.